The molecule has 0 aromatic heterocycles. The zero-order valence-corrected chi connectivity index (χ0v) is 10.3. The standard InChI is InChI=1S/C11H11N3O2S/c1-9(7-12)17(15,16)14(2)11-5-3-4-10(6-11)8-13/h3-6,9H,1-2H3. The lowest BCUT2D eigenvalue weighted by Gasteiger charge is -2.20. The molecule has 1 aromatic carbocycles. The maximum absolute atomic E-state index is 11.9. The lowest BCUT2D eigenvalue weighted by Crippen LogP contribution is -2.33. The molecule has 0 radical (unpaired) electrons. The van der Waals surface area contributed by atoms with Crippen molar-refractivity contribution in [2.75, 3.05) is 11.4 Å². The second kappa shape index (κ2) is 4.86. The molecule has 1 atom stereocenters. The molecule has 0 saturated heterocycles. The van der Waals surface area contributed by atoms with Gasteiger partial charge in [-0.25, -0.2) is 8.42 Å². The lowest BCUT2D eigenvalue weighted by atomic mass is 10.2. The highest BCUT2D eigenvalue weighted by molar-refractivity contribution is 7.93. The largest absolute Gasteiger partial charge is 0.272 e. The van der Waals surface area contributed by atoms with Gasteiger partial charge < -0.3 is 0 Å². The van der Waals surface area contributed by atoms with Crippen molar-refractivity contribution >= 4 is 15.7 Å². The molecule has 1 aromatic rings. The van der Waals surface area contributed by atoms with Crippen molar-refractivity contribution in [1.29, 1.82) is 10.5 Å². The summed E-state index contributed by atoms with van der Waals surface area (Å²) in [4.78, 5) is 0. The van der Waals surface area contributed by atoms with Crippen LogP contribution in [0.1, 0.15) is 12.5 Å². The molecule has 0 aliphatic carbocycles. The number of sulfonamides is 1. The summed E-state index contributed by atoms with van der Waals surface area (Å²) in [5.41, 5.74) is 0.736. The Morgan fingerprint density at radius 1 is 1.35 bits per heavy atom. The van der Waals surface area contributed by atoms with Crippen LogP contribution in [-0.2, 0) is 10.0 Å². The Kier molecular flexibility index (Phi) is 3.72. The van der Waals surface area contributed by atoms with Crippen molar-refractivity contribution in [1.82, 2.24) is 0 Å². The zero-order valence-electron chi connectivity index (χ0n) is 9.45. The summed E-state index contributed by atoms with van der Waals surface area (Å²) in [6.45, 7) is 1.32. The van der Waals surface area contributed by atoms with Crippen molar-refractivity contribution < 1.29 is 8.42 Å². The van der Waals surface area contributed by atoms with E-state index in [1.54, 1.807) is 24.3 Å². The van der Waals surface area contributed by atoms with Crippen molar-refractivity contribution in [3.05, 3.63) is 29.8 Å². The number of hydrogen-bond donors (Lipinski definition) is 0. The fourth-order valence-electron chi connectivity index (χ4n) is 1.22. The third kappa shape index (κ3) is 2.55. The molecule has 0 N–H and O–H groups in total. The van der Waals surface area contributed by atoms with Gasteiger partial charge in [-0.2, -0.15) is 10.5 Å². The first-order chi connectivity index (χ1) is 7.93. The van der Waals surface area contributed by atoms with E-state index in [1.807, 2.05) is 6.07 Å². The fourth-order valence-corrected chi connectivity index (χ4v) is 2.24. The van der Waals surface area contributed by atoms with Crippen LogP contribution >= 0.6 is 0 Å². The highest BCUT2D eigenvalue weighted by Crippen LogP contribution is 2.19. The quantitative estimate of drug-likeness (QED) is 0.806. The molecule has 17 heavy (non-hydrogen) atoms. The van der Waals surface area contributed by atoms with Gasteiger partial charge in [-0.05, 0) is 25.1 Å². The third-order valence-corrected chi connectivity index (χ3v) is 4.32. The van der Waals surface area contributed by atoms with Gasteiger partial charge in [-0.1, -0.05) is 6.07 Å². The van der Waals surface area contributed by atoms with E-state index < -0.39 is 15.3 Å². The van der Waals surface area contributed by atoms with E-state index >= 15 is 0 Å². The molecule has 0 heterocycles. The van der Waals surface area contributed by atoms with Crippen LogP contribution < -0.4 is 4.31 Å². The number of hydrogen-bond acceptors (Lipinski definition) is 4. The molecule has 0 bridgehead atoms. The van der Waals surface area contributed by atoms with Crippen LogP contribution in [-0.4, -0.2) is 20.7 Å². The molecule has 88 valence electrons. The minimum atomic E-state index is -3.70. The van der Waals surface area contributed by atoms with Gasteiger partial charge in [0.05, 0.1) is 23.4 Å². The molecular weight excluding hydrogens is 238 g/mol. The second-order valence-electron chi connectivity index (χ2n) is 3.45. The van der Waals surface area contributed by atoms with E-state index in [1.165, 1.54) is 20.0 Å². The van der Waals surface area contributed by atoms with E-state index in [4.69, 9.17) is 10.5 Å². The Morgan fingerprint density at radius 3 is 2.53 bits per heavy atom. The Morgan fingerprint density at radius 2 is 2.00 bits per heavy atom. The minimum absolute atomic E-state index is 0.367. The molecule has 0 spiro atoms. The summed E-state index contributed by atoms with van der Waals surface area (Å²) in [7, 11) is -2.34. The predicted molar refractivity (Wildman–Crippen MR) is 63.6 cm³/mol. The Balaban J connectivity index is 3.18. The second-order valence-corrected chi connectivity index (χ2v) is 5.73. The first-order valence-corrected chi connectivity index (χ1v) is 6.31. The van der Waals surface area contributed by atoms with Crippen LogP contribution in [0.15, 0.2) is 24.3 Å². The van der Waals surface area contributed by atoms with Gasteiger partial charge in [0.1, 0.15) is 0 Å². The van der Waals surface area contributed by atoms with E-state index in [2.05, 4.69) is 0 Å². The molecule has 0 amide bonds. The summed E-state index contributed by atoms with van der Waals surface area (Å²) >= 11 is 0. The molecule has 0 aliphatic rings. The van der Waals surface area contributed by atoms with Gasteiger partial charge in [0.2, 0.25) is 0 Å². The number of anilines is 1. The van der Waals surface area contributed by atoms with Crippen molar-refractivity contribution in [3.63, 3.8) is 0 Å². The molecule has 5 nitrogen and oxygen atoms in total. The Bertz CT molecular complexity index is 596. The molecule has 1 unspecified atom stereocenters. The van der Waals surface area contributed by atoms with Crippen LogP contribution in [0.2, 0.25) is 0 Å². The van der Waals surface area contributed by atoms with Gasteiger partial charge >= 0.3 is 0 Å². The smallest absolute Gasteiger partial charge is 0.251 e. The van der Waals surface area contributed by atoms with E-state index in [0.29, 0.717) is 11.3 Å². The van der Waals surface area contributed by atoms with Crippen molar-refractivity contribution in [3.8, 4) is 12.1 Å². The van der Waals surface area contributed by atoms with Gasteiger partial charge in [-0.3, -0.25) is 4.31 Å². The van der Waals surface area contributed by atoms with Crippen LogP contribution in [0.3, 0.4) is 0 Å². The Hall–Kier alpha value is -2.05. The van der Waals surface area contributed by atoms with Gasteiger partial charge in [0.15, 0.2) is 5.25 Å². The average Bonchev–Trinajstić information content (AvgIpc) is 2.36. The topological polar surface area (TPSA) is 85.0 Å². The maximum Gasteiger partial charge on any atom is 0.251 e. The highest BCUT2D eigenvalue weighted by atomic mass is 32.2. The first kappa shape index (κ1) is 13.0. The molecule has 6 heteroatoms. The first-order valence-electron chi connectivity index (χ1n) is 4.81. The van der Waals surface area contributed by atoms with E-state index in [-0.39, 0.29) is 0 Å². The molecule has 0 aliphatic heterocycles. The molecule has 0 fully saturated rings. The predicted octanol–water partition coefficient (Wildman–Crippen LogP) is 1.24. The third-order valence-electron chi connectivity index (χ3n) is 2.35. The molecule has 0 saturated carbocycles. The maximum atomic E-state index is 11.9. The monoisotopic (exact) mass is 249 g/mol. The van der Waals surface area contributed by atoms with Crippen LogP contribution in [0, 0.1) is 22.7 Å². The fraction of sp³-hybridized carbons (Fsp3) is 0.273. The van der Waals surface area contributed by atoms with Crippen molar-refractivity contribution in [2.45, 2.75) is 12.2 Å². The summed E-state index contributed by atoms with van der Waals surface area (Å²) in [5.74, 6) is 0. The summed E-state index contributed by atoms with van der Waals surface area (Å²) in [6, 6.07) is 9.83. The number of benzene rings is 1. The van der Waals surface area contributed by atoms with E-state index in [0.717, 1.165) is 4.31 Å². The van der Waals surface area contributed by atoms with Gasteiger partial charge in [-0.15, -0.1) is 0 Å². The van der Waals surface area contributed by atoms with Crippen LogP contribution in [0.4, 0.5) is 5.69 Å². The normalized spacial score (nSPS) is 12.2. The summed E-state index contributed by atoms with van der Waals surface area (Å²) < 4.78 is 24.8. The Labute approximate surface area is 101 Å². The number of nitrogens with zero attached hydrogens (tertiary/aromatic N) is 3. The summed E-state index contributed by atoms with van der Waals surface area (Å²) in [6.07, 6.45) is 0. The molecular formula is C11H11N3O2S. The highest BCUT2D eigenvalue weighted by Gasteiger charge is 2.26. The van der Waals surface area contributed by atoms with Gasteiger partial charge in [0.25, 0.3) is 10.0 Å². The number of rotatable bonds is 3. The van der Waals surface area contributed by atoms with Crippen molar-refractivity contribution in [2.24, 2.45) is 0 Å². The number of nitriles is 2. The lowest BCUT2D eigenvalue weighted by molar-refractivity contribution is 0.590. The SMILES string of the molecule is CC(C#N)S(=O)(=O)N(C)c1cccc(C#N)c1. The van der Waals surface area contributed by atoms with Crippen LogP contribution in [0.5, 0.6) is 0 Å². The van der Waals surface area contributed by atoms with Crippen LogP contribution in [0.25, 0.3) is 0 Å². The van der Waals surface area contributed by atoms with E-state index in [9.17, 15) is 8.42 Å². The minimum Gasteiger partial charge on any atom is -0.272 e. The zero-order chi connectivity index (χ0) is 13.1. The average molecular weight is 249 g/mol. The summed E-state index contributed by atoms with van der Waals surface area (Å²) in [5, 5.41) is 16.3. The molecule has 1 rings (SSSR count). The van der Waals surface area contributed by atoms with Gasteiger partial charge in [0, 0.05) is 7.05 Å².